The third kappa shape index (κ3) is 1.05. The molecule has 0 saturated heterocycles. The first-order valence-corrected chi connectivity index (χ1v) is 4.04. The van der Waals surface area contributed by atoms with Crippen LogP contribution < -0.4 is 11.5 Å². The van der Waals surface area contributed by atoms with Crippen LogP contribution in [0.2, 0.25) is 0 Å². The maximum Gasteiger partial charge on any atom is 0.0940 e. The number of hydrogen-bond acceptors (Lipinski definition) is 2. The van der Waals surface area contributed by atoms with E-state index in [1.54, 1.807) is 0 Å². The molecular formula is C10H12N2. The van der Waals surface area contributed by atoms with Gasteiger partial charge in [0.1, 0.15) is 0 Å². The van der Waals surface area contributed by atoms with Gasteiger partial charge in [0.05, 0.1) is 5.66 Å². The fourth-order valence-corrected chi connectivity index (χ4v) is 1.56. The second-order valence-electron chi connectivity index (χ2n) is 3.23. The van der Waals surface area contributed by atoms with Crippen molar-refractivity contribution >= 4 is 6.08 Å². The third-order valence-electron chi connectivity index (χ3n) is 2.22. The van der Waals surface area contributed by atoms with Crippen LogP contribution in [0.25, 0.3) is 6.08 Å². The molecule has 0 atom stereocenters. The summed E-state index contributed by atoms with van der Waals surface area (Å²) in [6.07, 6.45) is 4.79. The molecular weight excluding hydrogens is 148 g/mol. The molecule has 2 heteroatoms. The van der Waals surface area contributed by atoms with E-state index in [1.807, 2.05) is 30.3 Å². The van der Waals surface area contributed by atoms with Crippen molar-refractivity contribution in [1.82, 2.24) is 0 Å². The Morgan fingerprint density at radius 1 is 1.17 bits per heavy atom. The Labute approximate surface area is 71.9 Å². The van der Waals surface area contributed by atoms with Gasteiger partial charge in [0.2, 0.25) is 0 Å². The molecule has 2 rings (SSSR count). The second kappa shape index (κ2) is 2.44. The van der Waals surface area contributed by atoms with E-state index in [4.69, 9.17) is 11.5 Å². The lowest BCUT2D eigenvalue weighted by molar-refractivity contribution is 0.467. The van der Waals surface area contributed by atoms with Crippen LogP contribution in [0.15, 0.2) is 30.3 Å². The average Bonchev–Trinajstić information content (AvgIpc) is 2.04. The Bertz CT molecular complexity index is 326. The zero-order valence-electron chi connectivity index (χ0n) is 6.83. The molecule has 1 aliphatic carbocycles. The number of nitrogens with two attached hydrogens (primary N) is 2. The zero-order valence-corrected chi connectivity index (χ0v) is 6.83. The summed E-state index contributed by atoms with van der Waals surface area (Å²) in [4.78, 5) is 0. The lowest BCUT2D eigenvalue weighted by atomic mass is 9.88. The van der Waals surface area contributed by atoms with Gasteiger partial charge < -0.3 is 11.5 Å². The van der Waals surface area contributed by atoms with Crippen LogP contribution in [0.1, 0.15) is 17.5 Å². The minimum atomic E-state index is -0.675. The third-order valence-corrected chi connectivity index (χ3v) is 2.22. The highest BCUT2D eigenvalue weighted by Crippen LogP contribution is 2.26. The van der Waals surface area contributed by atoms with Crippen LogP contribution in [-0.4, -0.2) is 0 Å². The van der Waals surface area contributed by atoms with E-state index in [0.717, 1.165) is 11.1 Å². The predicted molar refractivity (Wildman–Crippen MR) is 50.1 cm³/mol. The fourth-order valence-electron chi connectivity index (χ4n) is 1.56. The van der Waals surface area contributed by atoms with Crippen LogP contribution >= 0.6 is 0 Å². The maximum absolute atomic E-state index is 5.92. The van der Waals surface area contributed by atoms with Crippen molar-refractivity contribution in [3.05, 3.63) is 41.5 Å². The largest absolute Gasteiger partial charge is 0.309 e. The minimum Gasteiger partial charge on any atom is -0.309 e. The highest BCUT2D eigenvalue weighted by atomic mass is 15.0. The molecule has 1 aromatic carbocycles. The Morgan fingerprint density at radius 2 is 1.92 bits per heavy atom. The molecule has 0 heterocycles. The fraction of sp³-hybridized carbons (Fsp3) is 0.200. The highest BCUT2D eigenvalue weighted by Gasteiger charge is 2.24. The molecule has 0 saturated carbocycles. The molecule has 12 heavy (non-hydrogen) atoms. The molecule has 0 radical (unpaired) electrons. The summed E-state index contributed by atoms with van der Waals surface area (Å²) in [7, 11) is 0. The predicted octanol–water partition coefficient (Wildman–Crippen LogP) is 1.17. The zero-order chi connectivity index (χ0) is 8.60. The van der Waals surface area contributed by atoms with E-state index in [9.17, 15) is 0 Å². The Balaban J connectivity index is 2.60. The SMILES string of the molecule is NC1(N)CC=Cc2ccccc21. The van der Waals surface area contributed by atoms with Crippen LogP contribution in [0.4, 0.5) is 0 Å². The first-order chi connectivity index (χ1) is 5.70. The van der Waals surface area contributed by atoms with Gasteiger partial charge in [-0.3, -0.25) is 0 Å². The summed E-state index contributed by atoms with van der Waals surface area (Å²) in [6, 6.07) is 7.97. The van der Waals surface area contributed by atoms with Gasteiger partial charge in [-0.25, -0.2) is 0 Å². The van der Waals surface area contributed by atoms with Gasteiger partial charge in [0.25, 0.3) is 0 Å². The van der Waals surface area contributed by atoms with Crippen molar-refractivity contribution in [2.24, 2.45) is 11.5 Å². The van der Waals surface area contributed by atoms with Gasteiger partial charge in [-0.05, 0) is 11.1 Å². The number of fused-ring (bicyclic) bond motifs is 1. The molecule has 0 spiro atoms. The van der Waals surface area contributed by atoms with E-state index in [1.165, 1.54) is 0 Å². The number of rotatable bonds is 0. The highest BCUT2D eigenvalue weighted by molar-refractivity contribution is 5.58. The standard InChI is InChI=1S/C10H12N2/c11-10(12)7-3-5-8-4-1-2-6-9(8)10/h1-6H,7,11-12H2. The minimum absolute atomic E-state index is 0.675. The topological polar surface area (TPSA) is 52.0 Å². The average molecular weight is 160 g/mol. The quantitative estimate of drug-likeness (QED) is 0.560. The Hall–Kier alpha value is -1.12. The first kappa shape index (κ1) is 7.53. The molecule has 1 aliphatic rings. The monoisotopic (exact) mass is 160 g/mol. The molecule has 0 fully saturated rings. The van der Waals surface area contributed by atoms with Crippen molar-refractivity contribution in [1.29, 1.82) is 0 Å². The Kier molecular flexibility index (Phi) is 1.53. The van der Waals surface area contributed by atoms with Gasteiger partial charge in [0, 0.05) is 6.42 Å². The van der Waals surface area contributed by atoms with E-state index in [-0.39, 0.29) is 0 Å². The van der Waals surface area contributed by atoms with Gasteiger partial charge >= 0.3 is 0 Å². The molecule has 0 amide bonds. The molecule has 1 aromatic rings. The lowest BCUT2D eigenvalue weighted by Crippen LogP contribution is -2.46. The van der Waals surface area contributed by atoms with Crippen molar-refractivity contribution < 1.29 is 0 Å². The normalized spacial score (nSPS) is 18.8. The van der Waals surface area contributed by atoms with E-state index in [0.29, 0.717) is 6.42 Å². The second-order valence-corrected chi connectivity index (χ2v) is 3.23. The lowest BCUT2D eigenvalue weighted by Gasteiger charge is -2.28. The summed E-state index contributed by atoms with van der Waals surface area (Å²) in [5.41, 5.74) is 13.3. The van der Waals surface area contributed by atoms with Crippen LogP contribution in [-0.2, 0) is 5.66 Å². The van der Waals surface area contributed by atoms with Gasteiger partial charge in [0.15, 0.2) is 0 Å². The summed E-state index contributed by atoms with van der Waals surface area (Å²) >= 11 is 0. The van der Waals surface area contributed by atoms with E-state index >= 15 is 0 Å². The number of benzene rings is 1. The van der Waals surface area contributed by atoms with Gasteiger partial charge in [-0.15, -0.1) is 0 Å². The van der Waals surface area contributed by atoms with Crippen molar-refractivity contribution in [3.63, 3.8) is 0 Å². The molecule has 0 aromatic heterocycles. The van der Waals surface area contributed by atoms with Crippen molar-refractivity contribution in [2.75, 3.05) is 0 Å². The van der Waals surface area contributed by atoms with Crippen LogP contribution in [0, 0.1) is 0 Å². The first-order valence-electron chi connectivity index (χ1n) is 4.04. The smallest absolute Gasteiger partial charge is 0.0940 e. The molecule has 0 aliphatic heterocycles. The summed E-state index contributed by atoms with van der Waals surface area (Å²) in [6.45, 7) is 0. The van der Waals surface area contributed by atoms with Gasteiger partial charge in [-0.2, -0.15) is 0 Å². The molecule has 0 bridgehead atoms. The maximum atomic E-state index is 5.92. The van der Waals surface area contributed by atoms with E-state index in [2.05, 4.69) is 6.08 Å². The Morgan fingerprint density at radius 3 is 2.67 bits per heavy atom. The number of hydrogen-bond donors (Lipinski definition) is 2. The summed E-state index contributed by atoms with van der Waals surface area (Å²) < 4.78 is 0. The van der Waals surface area contributed by atoms with Crippen LogP contribution in [0.5, 0.6) is 0 Å². The summed E-state index contributed by atoms with van der Waals surface area (Å²) in [5.74, 6) is 0. The van der Waals surface area contributed by atoms with Crippen LogP contribution in [0.3, 0.4) is 0 Å². The molecule has 2 nitrogen and oxygen atoms in total. The van der Waals surface area contributed by atoms with E-state index < -0.39 is 5.66 Å². The summed E-state index contributed by atoms with van der Waals surface area (Å²) in [5, 5.41) is 0. The molecule has 62 valence electrons. The van der Waals surface area contributed by atoms with Crippen molar-refractivity contribution in [2.45, 2.75) is 12.1 Å². The van der Waals surface area contributed by atoms with Gasteiger partial charge in [-0.1, -0.05) is 36.4 Å². The molecule has 0 unspecified atom stereocenters. The molecule has 4 N–H and O–H groups in total. The van der Waals surface area contributed by atoms with Crippen molar-refractivity contribution in [3.8, 4) is 0 Å².